The van der Waals surface area contributed by atoms with Crippen LogP contribution in [0.5, 0.6) is 0 Å². The predicted octanol–water partition coefficient (Wildman–Crippen LogP) is 1.44. The van der Waals surface area contributed by atoms with Crippen molar-refractivity contribution in [2.24, 2.45) is 0 Å². The van der Waals surface area contributed by atoms with Crippen LogP contribution >= 0.6 is 0 Å². The molecule has 1 rings (SSSR count). The number of aliphatic carboxylic acids is 1. The molecule has 0 amide bonds. The van der Waals surface area contributed by atoms with Gasteiger partial charge in [0.05, 0.1) is 6.61 Å². The second-order valence-corrected chi connectivity index (χ2v) is 4.01. The number of likely N-dealkylation sites (N-methyl/N-ethyl adjacent to an activating group) is 1. The molecule has 0 bridgehead atoms. The van der Waals surface area contributed by atoms with E-state index in [1.54, 1.807) is 7.11 Å². The number of anilines is 1. The molecule has 0 aliphatic carbocycles. The van der Waals surface area contributed by atoms with E-state index >= 15 is 0 Å². The Kier molecular flexibility index (Phi) is 5.75. The van der Waals surface area contributed by atoms with Gasteiger partial charge in [-0.15, -0.1) is 0 Å². The minimum atomic E-state index is -1.45. The van der Waals surface area contributed by atoms with Gasteiger partial charge in [-0.3, -0.25) is 4.79 Å². The zero-order chi connectivity index (χ0) is 14.3. The molecule has 0 fully saturated rings. The molecule has 1 N–H and O–H groups in total. The topological polar surface area (TPSA) is 66.8 Å². The molecule has 1 aromatic carbocycles. The van der Waals surface area contributed by atoms with E-state index in [1.807, 2.05) is 36.2 Å². The van der Waals surface area contributed by atoms with Gasteiger partial charge in [-0.25, -0.2) is 4.79 Å². The minimum absolute atomic E-state index is 0.644. The summed E-state index contributed by atoms with van der Waals surface area (Å²) in [6.07, 6.45) is 2.53. The van der Waals surface area contributed by atoms with Crippen molar-refractivity contribution in [2.45, 2.75) is 0 Å². The number of carboxylic acids is 1. The molecule has 0 atom stereocenters. The highest BCUT2D eigenvalue weighted by molar-refractivity contribution is 6.38. The number of ketones is 1. The zero-order valence-corrected chi connectivity index (χ0v) is 11.0. The molecule has 0 aliphatic rings. The molecular formula is C14H17NO4. The van der Waals surface area contributed by atoms with Gasteiger partial charge in [0.25, 0.3) is 5.78 Å². The van der Waals surface area contributed by atoms with Gasteiger partial charge in [0.2, 0.25) is 0 Å². The summed E-state index contributed by atoms with van der Waals surface area (Å²) in [5, 5.41) is 8.44. The maximum Gasteiger partial charge on any atom is 0.376 e. The highest BCUT2D eigenvalue weighted by Crippen LogP contribution is 2.14. The second kappa shape index (κ2) is 7.33. The van der Waals surface area contributed by atoms with Crippen LogP contribution in [0, 0.1) is 0 Å². The maximum absolute atomic E-state index is 10.9. The molecule has 102 valence electrons. The zero-order valence-electron chi connectivity index (χ0n) is 11.0. The molecule has 1 aromatic rings. The van der Waals surface area contributed by atoms with Crippen LogP contribution in [0.15, 0.2) is 30.3 Å². The summed E-state index contributed by atoms with van der Waals surface area (Å²) in [6.45, 7) is 1.43. The van der Waals surface area contributed by atoms with E-state index in [0.29, 0.717) is 6.61 Å². The Balaban J connectivity index is 2.66. The van der Waals surface area contributed by atoms with Gasteiger partial charge < -0.3 is 14.7 Å². The fraction of sp³-hybridized carbons (Fsp3) is 0.286. The van der Waals surface area contributed by atoms with Gasteiger partial charge in [-0.05, 0) is 23.8 Å². The molecule has 0 saturated carbocycles. The first-order chi connectivity index (χ1) is 9.04. The van der Waals surface area contributed by atoms with E-state index < -0.39 is 11.8 Å². The molecule has 0 radical (unpaired) electrons. The van der Waals surface area contributed by atoms with Crippen molar-refractivity contribution in [1.82, 2.24) is 0 Å². The highest BCUT2D eigenvalue weighted by atomic mass is 16.5. The van der Waals surface area contributed by atoms with Crippen LogP contribution in [-0.2, 0) is 14.3 Å². The Hall–Kier alpha value is -2.14. The Morgan fingerprint density at radius 1 is 1.32 bits per heavy atom. The standard InChI is InChI=1S/C14H17NO4/c1-15(9-10-19-2)12-6-3-11(4-7-12)5-8-13(16)14(17)18/h3-8H,9-10H2,1-2H3,(H,17,18)/b8-5+. The van der Waals surface area contributed by atoms with Gasteiger partial charge in [-0.1, -0.05) is 18.2 Å². The average Bonchev–Trinajstić information content (AvgIpc) is 2.42. The summed E-state index contributed by atoms with van der Waals surface area (Å²) in [5.41, 5.74) is 1.80. The molecule has 0 heterocycles. The highest BCUT2D eigenvalue weighted by Gasteiger charge is 2.05. The van der Waals surface area contributed by atoms with Crippen molar-refractivity contribution in [2.75, 3.05) is 32.2 Å². The molecule has 0 aliphatic heterocycles. The number of ether oxygens (including phenoxy) is 1. The third kappa shape index (κ3) is 4.93. The van der Waals surface area contributed by atoms with Gasteiger partial charge >= 0.3 is 5.97 Å². The van der Waals surface area contributed by atoms with Crippen molar-refractivity contribution >= 4 is 23.5 Å². The molecule has 0 saturated heterocycles. The molecular weight excluding hydrogens is 246 g/mol. The molecule has 0 aromatic heterocycles. The fourth-order valence-electron chi connectivity index (χ4n) is 1.44. The number of methoxy groups -OCH3 is 1. The number of nitrogens with zero attached hydrogens (tertiary/aromatic N) is 1. The Morgan fingerprint density at radius 2 is 1.95 bits per heavy atom. The van der Waals surface area contributed by atoms with Crippen molar-refractivity contribution in [3.63, 3.8) is 0 Å². The van der Waals surface area contributed by atoms with E-state index in [4.69, 9.17) is 9.84 Å². The lowest BCUT2D eigenvalue weighted by atomic mass is 10.1. The molecule has 0 unspecified atom stereocenters. The normalized spacial score (nSPS) is 10.6. The largest absolute Gasteiger partial charge is 0.475 e. The first kappa shape index (κ1) is 14.9. The van der Waals surface area contributed by atoms with Crippen LogP contribution in [0.25, 0.3) is 6.08 Å². The monoisotopic (exact) mass is 263 g/mol. The number of hydrogen-bond donors (Lipinski definition) is 1. The Bertz CT molecular complexity index is 465. The van der Waals surface area contributed by atoms with E-state index in [0.717, 1.165) is 23.9 Å². The Morgan fingerprint density at radius 3 is 2.47 bits per heavy atom. The van der Waals surface area contributed by atoms with Crippen LogP contribution in [0.3, 0.4) is 0 Å². The van der Waals surface area contributed by atoms with Gasteiger partial charge in [0.1, 0.15) is 0 Å². The van der Waals surface area contributed by atoms with Crippen LogP contribution in [0.2, 0.25) is 0 Å². The van der Waals surface area contributed by atoms with E-state index in [9.17, 15) is 9.59 Å². The number of hydrogen-bond acceptors (Lipinski definition) is 4. The summed E-state index contributed by atoms with van der Waals surface area (Å²) in [5.74, 6) is -2.38. The van der Waals surface area contributed by atoms with Crippen LogP contribution < -0.4 is 4.90 Å². The van der Waals surface area contributed by atoms with Crippen molar-refractivity contribution < 1.29 is 19.4 Å². The lowest BCUT2D eigenvalue weighted by molar-refractivity contribution is -0.146. The number of carbonyl (C=O) groups excluding carboxylic acids is 1. The lowest BCUT2D eigenvalue weighted by Gasteiger charge is -2.18. The summed E-state index contributed by atoms with van der Waals surface area (Å²) >= 11 is 0. The lowest BCUT2D eigenvalue weighted by Crippen LogP contribution is -2.21. The fourth-order valence-corrected chi connectivity index (χ4v) is 1.44. The third-order valence-electron chi connectivity index (χ3n) is 2.60. The first-order valence-electron chi connectivity index (χ1n) is 5.80. The van der Waals surface area contributed by atoms with E-state index in [1.165, 1.54) is 6.08 Å². The second-order valence-electron chi connectivity index (χ2n) is 4.01. The summed E-state index contributed by atoms with van der Waals surface area (Å²) in [7, 11) is 3.61. The van der Waals surface area contributed by atoms with Crippen LogP contribution in [0.4, 0.5) is 5.69 Å². The quantitative estimate of drug-likeness (QED) is 0.595. The Labute approximate surface area is 112 Å². The van der Waals surface area contributed by atoms with E-state index in [-0.39, 0.29) is 0 Å². The summed E-state index contributed by atoms with van der Waals surface area (Å²) in [6, 6.07) is 7.45. The van der Waals surface area contributed by atoms with Crippen LogP contribution in [-0.4, -0.2) is 44.2 Å². The average molecular weight is 263 g/mol. The predicted molar refractivity (Wildman–Crippen MR) is 73.3 cm³/mol. The number of carbonyl (C=O) groups is 2. The maximum atomic E-state index is 10.9. The van der Waals surface area contributed by atoms with Gasteiger partial charge in [-0.2, -0.15) is 0 Å². The molecule has 19 heavy (non-hydrogen) atoms. The number of carboxylic acid groups (broad SMARTS) is 1. The van der Waals surface area contributed by atoms with E-state index in [2.05, 4.69) is 0 Å². The van der Waals surface area contributed by atoms with Gasteiger partial charge in [0.15, 0.2) is 0 Å². The number of rotatable bonds is 7. The number of benzene rings is 1. The summed E-state index contributed by atoms with van der Waals surface area (Å²) in [4.78, 5) is 23.3. The first-order valence-corrected chi connectivity index (χ1v) is 5.80. The summed E-state index contributed by atoms with van der Waals surface area (Å²) < 4.78 is 5.00. The molecule has 5 heteroatoms. The molecule has 0 spiro atoms. The minimum Gasteiger partial charge on any atom is -0.475 e. The van der Waals surface area contributed by atoms with Crippen molar-refractivity contribution in [3.05, 3.63) is 35.9 Å². The smallest absolute Gasteiger partial charge is 0.376 e. The van der Waals surface area contributed by atoms with Crippen molar-refractivity contribution in [1.29, 1.82) is 0 Å². The SMILES string of the molecule is COCCN(C)c1ccc(/C=C/C(=O)C(=O)O)cc1. The van der Waals surface area contributed by atoms with Gasteiger partial charge in [0, 0.05) is 26.4 Å². The van der Waals surface area contributed by atoms with Crippen molar-refractivity contribution in [3.8, 4) is 0 Å². The van der Waals surface area contributed by atoms with Crippen LogP contribution in [0.1, 0.15) is 5.56 Å². The molecule has 5 nitrogen and oxygen atoms in total. The third-order valence-corrected chi connectivity index (χ3v) is 2.60.